The third-order valence-electron chi connectivity index (χ3n) is 8.53. The number of halogens is 3. The highest BCUT2D eigenvalue weighted by Gasteiger charge is 2.56. The minimum Gasteiger partial charge on any atom is -0.395 e. The quantitative estimate of drug-likeness (QED) is 0.429. The van der Waals surface area contributed by atoms with Crippen LogP contribution in [0.5, 0.6) is 0 Å². The van der Waals surface area contributed by atoms with Crippen molar-refractivity contribution in [2.24, 2.45) is 5.41 Å². The number of nitrogens with one attached hydrogen (secondary N) is 1. The number of aliphatic hydroxyl groups excluding tert-OH is 1. The lowest BCUT2D eigenvalue weighted by Crippen LogP contribution is -2.51. The first-order valence-corrected chi connectivity index (χ1v) is 16.5. The summed E-state index contributed by atoms with van der Waals surface area (Å²) in [6.45, 7) is 0.866. The third-order valence-corrected chi connectivity index (χ3v) is 9.80. The largest absolute Gasteiger partial charge is 0.396 e. The van der Waals surface area contributed by atoms with Gasteiger partial charge >= 0.3 is 6.18 Å². The maximum absolute atomic E-state index is 14.5. The van der Waals surface area contributed by atoms with Crippen molar-refractivity contribution >= 4 is 27.3 Å². The highest BCUT2D eigenvalue weighted by molar-refractivity contribution is 7.92. The van der Waals surface area contributed by atoms with Gasteiger partial charge in [0.1, 0.15) is 5.69 Å². The van der Waals surface area contributed by atoms with Crippen LogP contribution in [0.3, 0.4) is 0 Å². The number of hydrogen-bond acceptors (Lipinski definition) is 11. The van der Waals surface area contributed by atoms with Gasteiger partial charge in [0.15, 0.2) is 0 Å². The number of nitrogens with zero attached hydrogens (tertiary/aromatic N) is 7. The summed E-state index contributed by atoms with van der Waals surface area (Å²) < 4.78 is 83.9. The number of benzene rings is 1. The molecule has 1 unspecified atom stereocenters. The molecule has 4 aliphatic heterocycles. The number of fused-ring (bicyclic) bond motifs is 6. The summed E-state index contributed by atoms with van der Waals surface area (Å²) in [5, 5.41) is 17.8. The first-order chi connectivity index (χ1) is 21.6. The predicted octanol–water partition coefficient (Wildman–Crippen LogP) is 2.62. The number of alkyl halides is 3. The zero-order valence-corrected chi connectivity index (χ0v) is 25.3. The molecule has 4 aliphatic rings. The SMILES string of the molecule is O=S(=O)(CCO)Nc1ccc2c(c1)N1CCC(C(F)(F)F)(CC1)COCCCC1CN(CCO1)c1nccc(n1)-c1cn-2nn1. The summed E-state index contributed by atoms with van der Waals surface area (Å²) in [4.78, 5) is 13.0. The van der Waals surface area contributed by atoms with Crippen LogP contribution in [0.1, 0.15) is 25.7 Å². The lowest BCUT2D eigenvalue weighted by Gasteiger charge is -2.43. The minimum atomic E-state index is -4.47. The Kier molecular flexibility index (Phi) is 8.87. The van der Waals surface area contributed by atoms with Gasteiger partial charge < -0.3 is 24.4 Å². The number of ether oxygens (including phenoxy) is 2. The van der Waals surface area contributed by atoms with Crippen LogP contribution in [0.15, 0.2) is 36.7 Å². The fraction of sp³-hybridized carbons (Fsp3) is 0.571. The molecule has 2 N–H and O–H groups in total. The molecule has 2 aromatic heterocycles. The molecule has 0 spiro atoms. The van der Waals surface area contributed by atoms with Crippen LogP contribution < -0.4 is 14.5 Å². The highest BCUT2D eigenvalue weighted by atomic mass is 32.2. The van der Waals surface area contributed by atoms with E-state index in [2.05, 4.69) is 20.0 Å². The first-order valence-electron chi connectivity index (χ1n) is 14.8. The Bertz CT molecular complexity index is 1600. The third kappa shape index (κ3) is 6.85. The maximum Gasteiger partial charge on any atom is 0.396 e. The van der Waals surface area contributed by atoms with Crippen molar-refractivity contribution in [3.05, 3.63) is 36.7 Å². The summed E-state index contributed by atoms with van der Waals surface area (Å²) in [5.41, 5.74) is 0.170. The Morgan fingerprint density at radius 2 is 1.89 bits per heavy atom. The molecule has 1 aromatic carbocycles. The molecule has 1 atom stereocenters. The molecular formula is C28H35F3N8O5S. The van der Waals surface area contributed by atoms with Crippen LogP contribution in [-0.4, -0.2) is 109 Å². The molecule has 3 aromatic rings. The lowest BCUT2D eigenvalue weighted by molar-refractivity contribution is -0.247. The van der Waals surface area contributed by atoms with Gasteiger partial charge in [-0.1, -0.05) is 5.21 Å². The molecule has 0 saturated carbocycles. The minimum absolute atomic E-state index is 0.0469. The fourth-order valence-corrected chi connectivity index (χ4v) is 6.80. The van der Waals surface area contributed by atoms with Crippen molar-refractivity contribution in [2.75, 3.05) is 72.9 Å². The van der Waals surface area contributed by atoms with Gasteiger partial charge in [0.05, 0.1) is 66.0 Å². The molecule has 17 heteroatoms. The van der Waals surface area contributed by atoms with Crippen molar-refractivity contribution in [1.29, 1.82) is 0 Å². The van der Waals surface area contributed by atoms with E-state index in [1.807, 2.05) is 4.90 Å². The standard InChI is InChI=1S/C28H35F3N8O5S/c29-28(30,31)27-6-9-37(10-7-27)25-16-20(35-45(41,42)15-12-40)3-4-24(25)39-18-23(34-36-39)22-5-8-32-26(33-22)38-11-14-44-21(17-38)2-1-13-43-19-27/h3-5,8,16,18,21,35,40H,1-2,6-7,9-15,17,19H2. The molecule has 6 heterocycles. The van der Waals surface area contributed by atoms with E-state index in [-0.39, 0.29) is 44.3 Å². The molecule has 0 radical (unpaired) electrons. The Hall–Kier alpha value is -3.54. The summed E-state index contributed by atoms with van der Waals surface area (Å²) in [6.07, 6.45) is -0.521. The zero-order chi connectivity index (χ0) is 31.7. The zero-order valence-electron chi connectivity index (χ0n) is 24.5. The smallest absolute Gasteiger partial charge is 0.395 e. The average Bonchev–Trinajstić information content (AvgIpc) is 3.51. The van der Waals surface area contributed by atoms with Crippen molar-refractivity contribution in [2.45, 2.75) is 38.0 Å². The van der Waals surface area contributed by atoms with E-state index in [1.165, 1.54) is 10.7 Å². The first kappa shape index (κ1) is 31.4. The van der Waals surface area contributed by atoms with Crippen LogP contribution in [0, 0.1) is 5.41 Å². The van der Waals surface area contributed by atoms with E-state index in [1.54, 1.807) is 35.5 Å². The summed E-state index contributed by atoms with van der Waals surface area (Å²) in [6, 6.07) is 6.44. The molecule has 13 nitrogen and oxygen atoms in total. The van der Waals surface area contributed by atoms with Gasteiger partial charge in [-0.25, -0.2) is 23.1 Å². The summed E-state index contributed by atoms with van der Waals surface area (Å²) in [5.74, 6) is 0.0112. The Morgan fingerprint density at radius 1 is 1.07 bits per heavy atom. The van der Waals surface area contributed by atoms with Crippen molar-refractivity contribution in [1.82, 2.24) is 25.0 Å². The normalized spacial score (nSPS) is 23.0. The monoisotopic (exact) mass is 652 g/mol. The molecular weight excluding hydrogens is 617 g/mol. The van der Waals surface area contributed by atoms with Crippen LogP contribution in [-0.2, 0) is 19.5 Å². The van der Waals surface area contributed by atoms with E-state index < -0.39 is 40.6 Å². The van der Waals surface area contributed by atoms with Gasteiger partial charge in [-0.3, -0.25) is 4.72 Å². The van der Waals surface area contributed by atoms with E-state index in [4.69, 9.17) is 19.6 Å². The van der Waals surface area contributed by atoms with E-state index >= 15 is 0 Å². The Labute approximate surface area is 258 Å². The van der Waals surface area contributed by atoms with Crippen LogP contribution in [0.25, 0.3) is 17.1 Å². The number of sulfonamides is 1. The second kappa shape index (κ2) is 12.7. The van der Waals surface area contributed by atoms with Gasteiger partial charge in [0.25, 0.3) is 0 Å². The lowest BCUT2D eigenvalue weighted by atomic mass is 9.78. The molecule has 7 rings (SSSR count). The molecule has 2 fully saturated rings. The van der Waals surface area contributed by atoms with Crippen molar-refractivity contribution < 1.29 is 36.2 Å². The van der Waals surface area contributed by atoms with Crippen molar-refractivity contribution in [3.8, 4) is 17.1 Å². The summed E-state index contributed by atoms with van der Waals surface area (Å²) in [7, 11) is -3.85. The van der Waals surface area contributed by atoms with Gasteiger partial charge in [0.2, 0.25) is 16.0 Å². The van der Waals surface area contributed by atoms with Gasteiger partial charge in [-0.2, -0.15) is 13.2 Å². The molecule has 244 valence electrons. The number of anilines is 3. The van der Waals surface area contributed by atoms with Crippen LogP contribution in [0.2, 0.25) is 0 Å². The van der Waals surface area contributed by atoms with Crippen LogP contribution in [0.4, 0.5) is 30.5 Å². The van der Waals surface area contributed by atoms with E-state index in [9.17, 15) is 21.6 Å². The Morgan fingerprint density at radius 3 is 2.67 bits per heavy atom. The number of aromatic nitrogens is 5. The molecule has 45 heavy (non-hydrogen) atoms. The number of aliphatic hydroxyl groups is 1. The highest BCUT2D eigenvalue weighted by Crippen LogP contribution is 2.47. The van der Waals surface area contributed by atoms with E-state index in [0.29, 0.717) is 61.2 Å². The molecule has 0 amide bonds. The Balaban J connectivity index is 1.39. The number of morpholine rings is 1. The summed E-state index contributed by atoms with van der Waals surface area (Å²) >= 11 is 0. The maximum atomic E-state index is 14.5. The van der Waals surface area contributed by atoms with E-state index in [0.717, 1.165) is 0 Å². The molecule has 0 aliphatic carbocycles. The van der Waals surface area contributed by atoms with Crippen molar-refractivity contribution in [3.63, 3.8) is 0 Å². The van der Waals surface area contributed by atoms with Gasteiger partial charge in [-0.05, 0) is 49.9 Å². The predicted molar refractivity (Wildman–Crippen MR) is 159 cm³/mol. The second-order valence-electron chi connectivity index (χ2n) is 11.5. The van der Waals surface area contributed by atoms with Gasteiger partial charge in [0, 0.05) is 39.0 Å². The topological polar surface area (TPSA) is 148 Å². The number of piperidine rings is 1. The second-order valence-corrected chi connectivity index (χ2v) is 13.4. The average molecular weight is 653 g/mol. The fourth-order valence-electron chi connectivity index (χ4n) is 5.97. The molecule has 2 saturated heterocycles. The van der Waals surface area contributed by atoms with Crippen LogP contribution >= 0.6 is 0 Å². The molecule has 8 bridgehead atoms. The number of hydrogen-bond donors (Lipinski definition) is 2. The number of rotatable bonds is 4. The van der Waals surface area contributed by atoms with Gasteiger partial charge in [-0.15, -0.1) is 5.10 Å².